The summed E-state index contributed by atoms with van der Waals surface area (Å²) < 4.78 is 0. The van der Waals surface area contributed by atoms with Gasteiger partial charge in [-0.15, -0.1) is 0 Å². The molecule has 0 radical (unpaired) electrons. The van der Waals surface area contributed by atoms with E-state index in [1.807, 2.05) is 0 Å². The molecular formula is C27H38N2. The number of aromatic nitrogens is 2. The zero-order chi connectivity index (χ0) is 20.1. The van der Waals surface area contributed by atoms with E-state index in [0.29, 0.717) is 5.92 Å². The van der Waals surface area contributed by atoms with Gasteiger partial charge in [-0.1, -0.05) is 57.4 Å². The Labute approximate surface area is 177 Å². The van der Waals surface area contributed by atoms with E-state index in [9.17, 15) is 0 Å². The molecule has 0 N–H and O–H groups in total. The molecule has 1 aromatic carbocycles. The van der Waals surface area contributed by atoms with E-state index in [2.05, 4.69) is 60.4 Å². The van der Waals surface area contributed by atoms with Gasteiger partial charge in [0, 0.05) is 11.5 Å². The third kappa shape index (κ3) is 5.08. The second-order valence-corrected chi connectivity index (χ2v) is 9.60. The lowest BCUT2D eigenvalue weighted by Gasteiger charge is -2.28. The van der Waals surface area contributed by atoms with Crippen LogP contribution in [0.1, 0.15) is 108 Å². The van der Waals surface area contributed by atoms with Gasteiger partial charge in [0.05, 0.1) is 11.4 Å². The fourth-order valence-electron chi connectivity index (χ4n) is 5.70. The topological polar surface area (TPSA) is 25.8 Å². The Kier molecular flexibility index (Phi) is 7.00. The van der Waals surface area contributed by atoms with Crippen molar-refractivity contribution >= 4 is 0 Å². The number of nitrogens with zero attached hydrogens (tertiary/aromatic N) is 2. The molecule has 0 atom stereocenters. The molecule has 1 heterocycles. The smallest absolute Gasteiger partial charge is 0.0929 e. The highest BCUT2D eigenvalue weighted by atomic mass is 15.1. The third-order valence-corrected chi connectivity index (χ3v) is 7.75. The minimum absolute atomic E-state index is 0.615. The summed E-state index contributed by atoms with van der Waals surface area (Å²) in [5, 5.41) is 9.20. The Morgan fingerprint density at radius 1 is 0.690 bits per heavy atom. The van der Waals surface area contributed by atoms with Crippen LogP contribution in [-0.2, 0) is 0 Å². The standard InChI is InChI=1S/C27H38N2/c1-3-5-21-8-10-22(11-9-21)23-14-16-25(17-15-23)27-19-18-26(28-29-27)24-12-6-20(4-2)7-13-24/h14-22,24H,3-13H2,1-2H3. The van der Waals surface area contributed by atoms with Crippen molar-refractivity contribution in [2.75, 3.05) is 0 Å². The average molecular weight is 391 g/mol. The van der Waals surface area contributed by atoms with Crippen LogP contribution in [0.4, 0.5) is 0 Å². The van der Waals surface area contributed by atoms with Crippen molar-refractivity contribution < 1.29 is 0 Å². The maximum Gasteiger partial charge on any atom is 0.0929 e. The summed E-state index contributed by atoms with van der Waals surface area (Å²) in [7, 11) is 0. The van der Waals surface area contributed by atoms with Gasteiger partial charge in [-0.25, -0.2) is 0 Å². The van der Waals surface area contributed by atoms with E-state index in [-0.39, 0.29) is 0 Å². The van der Waals surface area contributed by atoms with Gasteiger partial charge in [0.2, 0.25) is 0 Å². The molecule has 2 fully saturated rings. The molecule has 0 bridgehead atoms. The average Bonchev–Trinajstić information content (AvgIpc) is 2.80. The summed E-state index contributed by atoms with van der Waals surface area (Å²) >= 11 is 0. The van der Waals surface area contributed by atoms with Crippen molar-refractivity contribution in [2.45, 2.75) is 96.3 Å². The maximum absolute atomic E-state index is 4.62. The predicted octanol–water partition coefficient (Wildman–Crippen LogP) is 7.90. The van der Waals surface area contributed by atoms with E-state index in [1.54, 1.807) is 0 Å². The molecule has 0 unspecified atom stereocenters. The quantitative estimate of drug-likeness (QED) is 0.501. The van der Waals surface area contributed by atoms with Crippen molar-refractivity contribution in [3.8, 4) is 11.3 Å². The maximum atomic E-state index is 4.62. The fourth-order valence-corrected chi connectivity index (χ4v) is 5.70. The van der Waals surface area contributed by atoms with E-state index in [1.165, 1.54) is 87.4 Å². The summed E-state index contributed by atoms with van der Waals surface area (Å²) in [6.45, 7) is 4.64. The number of benzene rings is 1. The van der Waals surface area contributed by atoms with Crippen LogP contribution in [-0.4, -0.2) is 10.2 Å². The lowest BCUT2D eigenvalue weighted by molar-refractivity contribution is 0.308. The molecule has 2 nitrogen and oxygen atoms in total. The van der Waals surface area contributed by atoms with Crippen molar-refractivity contribution in [3.05, 3.63) is 47.7 Å². The first kappa shape index (κ1) is 20.6. The molecule has 0 saturated heterocycles. The first-order valence-corrected chi connectivity index (χ1v) is 12.2. The van der Waals surface area contributed by atoms with Gasteiger partial charge in [0.25, 0.3) is 0 Å². The SMILES string of the molecule is CCCC1CCC(c2ccc(-c3ccc(C4CCC(CC)CC4)nn3)cc2)CC1. The van der Waals surface area contributed by atoms with Crippen molar-refractivity contribution in [2.24, 2.45) is 11.8 Å². The van der Waals surface area contributed by atoms with Gasteiger partial charge in [-0.2, -0.15) is 10.2 Å². The second-order valence-electron chi connectivity index (χ2n) is 9.60. The highest BCUT2D eigenvalue weighted by Gasteiger charge is 2.23. The summed E-state index contributed by atoms with van der Waals surface area (Å²) in [6.07, 6.45) is 14.9. The van der Waals surface area contributed by atoms with Crippen molar-refractivity contribution in [1.29, 1.82) is 0 Å². The molecule has 29 heavy (non-hydrogen) atoms. The molecule has 2 heteroatoms. The summed E-state index contributed by atoms with van der Waals surface area (Å²) in [5.41, 5.74) is 4.92. The Morgan fingerprint density at radius 3 is 1.93 bits per heavy atom. The Bertz CT molecular complexity index is 733. The van der Waals surface area contributed by atoms with Gasteiger partial charge >= 0.3 is 0 Å². The van der Waals surface area contributed by atoms with E-state index in [4.69, 9.17) is 0 Å². The summed E-state index contributed by atoms with van der Waals surface area (Å²) in [6, 6.07) is 13.6. The molecule has 0 amide bonds. The minimum atomic E-state index is 0.615. The molecule has 4 rings (SSSR count). The number of hydrogen-bond acceptors (Lipinski definition) is 2. The summed E-state index contributed by atoms with van der Waals surface area (Å²) in [5.74, 6) is 3.27. The van der Waals surface area contributed by atoms with Crippen molar-refractivity contribution in [1.82, 2.24) is 10.2 Å². The molecule has 2 aliphatic rings. The summed E-state index contributed by atoms with van der Waals surface area (Å²) in [4.78, 5) is 0. The van der Waals surface area contributed by atoms with E-state index in [0.717, 1.165) is 23.4 Å². The van der Waals surface area contributed by atoms with Crippen LogP contribution >= 0.6 is 0 Å². The van der Waals surface area contributed by atoms with Gasteiger partial charge in [0.1, 0.15) is 0 Å². The van der Waals surface area contributed by atoms with Gasteiger partial charge in [-0.3, -0.25) is 0 Å². The Morgan fingerprint density at radius 2 is 1.34 bits per heavy atom. The molecule has 2 saturated carbocycles. The lowest BCUT2D eigenvalue weighted by atomic mass is 9.77. The van der Waals surface area contributed by atoms with Gasteiger partial charge in [-0.05, 0) is 86.8 Å². The Hall–Kier alpha value is -1.70. The molecule has 2 aromatic rings. The molecule has 0 aliphatic heterocycles. The number of hydrogen-bond donors (Lipinski definition) is 0. The molecule has 1 aromatic heterocycles. The van der Waals surface area contributed by atoms with Crippen LogP contribution in [0.5, 0.6) is 0 Å². The molecule has 156 valence electrons. The molecular weight excluding hydrogens is 352 g/mol. The minimum Gasteiger partial charge on any atom is -0.155 e. The largest absolute Gasteiger partial charge is 0.155 e. The third-order valence-electron chi connectivity index (χ3n) is 7.75. The van der Waals surface area contributed by atoms with Crippen molar-refractivity contribution in [3.63, 3.8) is 0 Å². The molecule has 2 aliphatic carbocycles. The second kappa shape index (κ2) is 9.87. The van der Waals surface area contributed by atoms with Gasteiger partial charge < -0.3 is 0 Å². The van der Waals surface area contributed by atoms with Crippen LogP contribution in [0.15, 0.2) is 36.4 Å². The van der Waals surface area contributed by atoms with Crippen LogP contribution in [0.25, 0.3) is 11.3 Å². The van der Waals surface area contributed by atoms with Crippen LogP contribution in [0.2, 0.25) is 0 Å². The fraction of sp³-hybridized carbons (Fsp3) is 0.630. The van der Waals surface area contributed by atoms with Crippen LogP contribution < -0.4 is 0 Å². The highest BCUT2D eigenvalue weighted by molar-refractivity contribution is 5.59. The predicted molar refractivity (Wildman–Crippen MR) is 122 cm³/mol. The molecule has 0 spiro atoms. The van der Waals surface area contributed by atoms with Gasteiger partial charge in [0.15, 0.2) is 0 Å². The number of rotatable bonds is 6. The Balaban J connectivity index is 1.36. The van der Waals surface area contributed by atoms with E-state index < -0.39 is 0 Å². The van der Waals surface area contributed by atoms with E-state index >= 15 is 0 Å². The first-order valence-electron chi connectivity index (χ1n) is 12.2. The van der Waals surface area contributed by atoms with Crippen LogP contribution in [0, 0.1) is 11.8 Å². The lowest BCUT2D eigenvalue weighted by Crippen LogP contribution is -2.14. The van der Waals surface area contributed by atoms with Crippen LogP contribution in [0.3, 0.4) is 0 Å². The first-order chi connectivity index (χ1) is 14.3. The highest BCUT2D eigenvalue weighted by Crippen LogP contribution is 2.38. The zero-order valence-corrected chi connectivity index (χ0v) is 18.4. The monoisotopic (exact) mass is 390 g/mol. The normalized spacial score (nSPS) is 27.7. The zero-order valence-electron chi connectivity index (χ0n) is 18.4.